The Morgan fingerprint density at radius 2 is 1.47 bits per heavy atom. The van der Waals surface area contributed by atoms with Gasteiger partial charge in [0.2, 0.25) is 11.6 Å². The molecule has 0 bridgehead atoms. The van der Waals surface area contributed by atoms with Crippen LogP contribution in [0.15, 0.2) is 54.6 Å². The minimum atomic E-state index is -1.56. The molecule has 0 saturated carbocycles. The zero-order valence-corrected chi connectivity index (χ0v) is 20.6. The summed E-state index contributed by atoms with van der Waals surface area (Å²) in [7, 11) is 0. The van der Waals surface area contributed by atoms with Crippen molar-refractivity contribution in [2.24, 2.45) is 5.92 Å². The first-order valence-electron chi connectivity index (χ1n) is 12.3. The first-order valence-corrected chi connectivity index (χ1v) is 12.3. The zero-order chi connectivity index (χ0) is 27.4. The molecule has 0 radical (unpaired) electrons. The molecule has 200 valence electrons. The van der Waals surface area contributed by atoms with Crippen LogP contribution in [-0.2, 0) is 6.42 Å². The lowest BCUT2D eigenvalue weighted by molar-refractivity contribution is 0.228. The Kier molecular flexibility index (Phi) is 8.49. The summed E-state index contributed by atoms with van der Waals surface area (Å²) in [4.78, 5) is 0. The molecule has 1 aliphatic carbocycles. The number of benzene rings is 3. The molecule has 0 heterocycles. The second-order valence-corrected chi connectivity index (χ2v) is 9.19. The van der Waals surface area contributed by atoms with Gasteiger partial charge in [0.15, 0.2) is 34.8 Å². The Morgan fingerprint density at radius 1 is 0.816 bits per heavy atom. The van der Waals surface area contributed by atoms with Gasteiger partial charge in [0, 0.05) is 16.7 Å². The summed E-state index contributed by atoms with van der Waals surface area (Å²) in [5.41, 5.74) is 0.174. The van der Waals surface area contributed by atoms with Crippen molar-refractivity contribution in [1.29, 1.82) is 0 Å². The number of rotatable bonds is 8. The van der Waals surface area contributed by atoms with Crippen LogP contribution in [0.3, 0.4) is 0 Å². The smallest absolute Gasteiger partial charge is 0.201 e. The monoisotopic (exact) mass is 532 g/mol. The molecule has 1 atom stereocenters. The third kappa shape index (κ3) is 5.59. The fourth-order valence-corrected chi connectivity index (χ4v) is 4.53. The van der Waals surface area contributed by atoms with Crippen molar-refractivity contribution < 1.29 is 36.2 Å². The van der Waals surface area contributed by atoms with Gasteiger partial charge in [-0.1, -0.05) is 30.4 Å². The molecule has 4 rings (SSSR count). The van der Waals surface area contributed by atoms with Gasteiger partial charge in [-0.25, -0.2) is 17.6 Å². The first kappa shape index (κ1) is 27.4. The minimum Gasteiger partial charge on any atom is -0.505 e. The van der Waals surface area contributed by atoms with E-state index in [0.29, 0.717) is 43.2 Å². The molecule has 1 N–H and O–H groups in total. The molecule has 38 heavy (non-hydrogen) atoms. The van der Waals surface area contributed by atoms with Crippen molar-refractivity contribution in [1.82, 2.24) is 0 Å². The number of hydrogen-bond donors (Lipinski definition) is 1. The van der Waals surface area contributed by atoms with E-state index in [4.69, 9.17) is 4.74 Å². The average molecular weight is 533 g/mol. The van der Waals surface area contributed by atoms with Crippen LogP contribution in [0, 0.1) is 40.8 Å². The van der Waals surface area contributed by atoms with E-state index < -0.39 is 51.8 Å². The van der Waals surface area contributed by atoms with E-state index in [1.807, 2.05) is 19.1 Å². The number of aryl methyl sites for hydroxylation is 1. The average Bonchev–Trinajstić information content (AvgIpc) is 2.92. The molecule has 0 amide bonds. The number of halogens is 6. The van der Waals surface area contributed by atoms with E-state index in [9.17, 15) is 31.4 Å². The van der Waals surface area contributed by atoms with Gasteiger partial charge in [-0.2, -0.15) is 8.78 Å². The lowest BCUT2D eigenvalue weighted by Gasteiger charge is -2.23. The van der Waals surface area contributed by atoms with Crippen molar-refractivity contribution in [2.45, 2.75) is 39.0 Å². The highest BCUT2D eigenvalue weighted by molar-refractivity contribution is 5.68. The third-order valence-corrected chi connectivity index (χ3v) is 6.72. The van der Waals surface area contributed by atoms with E-state index in [0.717, 1.165) is 24.3 Å². The van der Waals surface area contributed by atoms with Crippen molar-refractivity contribution in [2.75, 3.05) is 6.61 Å². The summed E-state index contributed by atoms with van der Waals surface area (Å²) >= 11 is 0. The summed E-state index contributed by atoms with van der Waals surface area (Å²) in [6, 6.07) is 7.19. The van der Waals surface area contributed by atoms with Gasteiger partial charge in [0.25, 0.3) is 0 Å². The molecule has 1 unspecified atom stereocenters. The maximum absolute atomic E-state index is 14.7. The van der Waals surface area contributed by atoms with Crippen LogP contribution >= 0.6 is 0 Å². The number of allylic oxidation sites excluding steroid dienone is 4. The molecule has 0 aromatic heterocycles. The highest BCUT2D eigenvalue weighted by atomic mass is 19.2. The SMILES string of the molecule is C/C=C/CCc1ccc(C2=CCC(COc3ccc(-c4ccc(O)c(F)c4F)c(F)c3F)CC2)c(F)c1F. The van der Waals surface area contributed by atoms with Crippen molar-refractivity contribution in [3.05, 3.63) is 101 Å². The fraction of sp³-hybridized carbons (Fsp3) is 0.267. The van der Waals surface area contributed by atoms with Crippen molar-refractivity contribution in [3.63, 3.8) is 0 Å². The van der Waals surface area contributed by atoms with Gasteiger partial charge in [-0.05, 0) is 80.3 Å². The second kappa shape index (κ2) is 11.8. The Bertz CT molecular complexity index is 1400. The standard InChI is InChI=1S/C30H26F6O2/c1-2-3-4-5-19-10-11-20(26(32)25(19)31)18-8-6-17(7-9-18)16-38-24-15-13-22(28(34)30(24)36)21-12-14-23(37)29(35)27(21)33/h2-3,8,10-15,17,37H,4-7,9,16H2,1H3/b3-2+. The maximum atomic E-state index is 14.7. The van der Waals surface area contributed by atoms with Gasteiger partial charge in [-0.15, -0.1) is 0 Å². The zero-order valence-electron chi connectivity index (χ0n) is 20.6. The third-order valence-electron chi connectivity index (χ3n) is 6.72. The normalized spacial score (nSPS) is 15.7. The Morgan fingerprint density at radius 3 is 2.16 bits per heavy atom. The van der Waals surface area contributed by atoms with Crippen LogP contribution in [0.5, 0.6) is 11.5 Å². The molecule has 0 saturated heterocycles. The molecule has 3 aromatic rings. The molecular weight excluding hydrogens is 506 g/mol. The molecule has 8 heteroatoms. The number of ether oxygens (including phenoxy) is 1. The lowest BCUT2D eigenvalue weighted by Crippen LogP contribution is -2.16. The molecule has 0 spiro atoms. The Balaban J connectivity index is 1.42. The lowest BCUT2D eigenvalue weighted by atomic mass is 9.86. The molecule has 2 nitrogen and oxygen atoms in total. The topological polar surface area (TPSA) is 29.5 Å². The van der Waals surface area contributed by atoms with Crippen LogP contribution < -0.4 is 4.74 Å². The van der Waals surface area contributed by atoms with Gasteiger partial charge < -0.3 is 9.84 Å². The van der Waals surface area contributed by atoms with Gasteiger partial charge in [0.05, 0.1) is 6.61 Å². The van der Waals surface area contributed by atoms with Crippen LogP contribution in [0.1, 0.15) is 43.7 Å². The van der Waals surface area contributed by atoms with Gasteiger partial charge in [-0.3, -0.25) is 0 Å². The molecule has 0 aliphatic heterocycles. The highest BCUT2D eigenvalue weighted by Crippen LogP contribution is 2.36. The molecular formula is C30H26F6O2. The quantitative estimate of drug-likeness (QED) is 0.232. The molecule has 0 fully saturated rings. The van der Waals surface area contributed by atoms with E-state index in [1.165, 1.54) is 0 Å². The van der Waals surface area contributed by atoms with Crippen molar-refractivity contribution >= 4 is 5.57 Å². The summed E-state index contributed by atoms with van der Waals surface area (Å²) in [5.74, 6) is -8.93. The number of hydrogen-bond acceptors (Lipinski definition) is 2. The minimum absolute atomic E-state index is 0.0441. The predicted molar refractivity (Wildman–Crippen MR) is 134 cm³/mol. The van der Waals surface area contributed by atoms with E-state index >= 15 is 0 Å². The number of phenolic OH excluding ortho intramolecular Hbond substituents is 1. The predicted octanol–water partition coefficient (Wildman–Crippen LogP) is 8.67. The maximum Gasteiger partial charge on any atom is 0.201 e. The fourth-order valence-electron chi connectivity index (χ4n) is 4.53. The summed E-state index contributed by atoms with van der Waals surface area (Å²) < 4.78 is 91.8. The second-order valence-electron chi connectivity index (χ2n) is 9.19. The summed E-state index contributed by atoms with van der Waals surface area (Å²) in [6.07, 6.45) is 8.08. The van der Waals surface area contributed by atoms with Gasteiger partial charge >= 0.3 is 0 Å². The number of phenols is 1. The Labute approximate surface area is 216 Å². The van der Waals surface area contributed by atoms with Crippen LogP contribution in [-0.4, -0.2) is 11.7 Å². The van der Waals surface area contributed by atoms with Crippen molar-refractivity contribution in [3.8, 4) is 22.6 Å². The summed E-state index contributed by atoms with van der Waals surface area (Å²) in [6.45, 7) is 1.91. The van der Waals surface area contributed by atoms with E-state index in [1.54, 1.807) is 18.2 Å². The van der Waals surface area contributed by atoms with E-state index in [2.05, 4.69) is 0 Å². The molecule has 1 aliphatic rings. The van der Waals surface area contributed by atoms with Crippen LogP contribution in [0.4, 0.5) is 26.3 Å². The highest BCUT2D eigenvalue weighted by Gasteiger charge is 2.24. The van der Waals surface area contributed by atoms with Crippen LogP contribution in [0.2, 0.25) is 0 Å². The summed E-state index contributed by atoms with van der Waals surface area (Å²) in [5, 5.41) is 9.24. The largest absolute Gasteiger partial charge is 0.505 e. The van der Waals surface area contributed by atoms with Gasteiger partial charge in [0.1, 0.15) is 0 Å². The Hall–Kier alpha value is -3.68. The van der Waals surface area contributed by atoms with E-state index in [-0.39, 0.29) is 23.8 Å². The first-order chi connectivity index (χ1) is 18.2. The molecule has 3 aromatic carbocycles. The number of aromatic hydroxyl groups is 1. The van der Waals surface area contributed by atoms with Crippen LogP contribution in [0.25, 0.3) is 16.7 Å².